The number of hydrogen-bond donors (Lipinski definition) is 6. The van der Waals surface area contributed by atoms with Crippen LogP contribution in [0, 0.1) is 5.92 Å². The zero-order chi connectivity index (χ0) is 53.3. The number of likely N-dealkylation sites (tertiary alicyclic amines) is 1. The van der Waals surface area contributed by atoms with E-state index in [1.807, 2.05) is 109 Å². The van der Waals surface area contributed by atoms with Crippen LogP contribution in [0.15, 0.2) is 60.7 Å². The quantitative estimate of drug-likeness (QED) is 0.0665. The number of unbranched alkanes of at least 4 members (excludes halogenated alkanes) is 1. The average Bonchev–Trinajstić information content (AvgIpc) is 3.30. The molecule has 0 aliphatic carbocycles. The van der Waals surface area contributed by atoms with Crippen molar-refractivity contribution in [3.8, 4) is 0 Å². The predicted octanol–water partition coefficient (Wildman–Crippen LogP) is 4.48. The lowest BCUT2D eigenvalue weighted by atomic mass is 9.88. The number of amides is 2. The first-order chi connectivity index (χ1) is 32.5. The summed E-state index contributed by atoms with van der Waals surface area (Å²) < 4.78 is 10.1. The monoisotopic (exact) mass is 974 g/mol. The largest absolute Gasteiger partial charge is 0.480 e. The number of primary amides is 1. The number of carboxylic acid groups (broad SMARTS) is 1. The van der Waals surface area contributed by atoms with Crippen LogP contribution in [0.1, 0.15) is 105 Å². The number of carbonyl (C=O) groups excluding carboxylic acids is 6. The maximum atomic E-state index is 12.2. The van der Waals surface area contributed by atoms with Gasteiger partial charge >= 0.3 is 5.97 Å². The molecule has 394 valence electrons. The number of ether oxygens (including phenoxy) is 2. The Morgan fingerprint density at radius 2 is 1.35 bits per heavy atom. The second kappa shape index (κ2) is 40.9. The molecule has 69 heavy (non-hydrogen) atoms. The highest BCUT2D eigenvalue weighted by Crippen LogP contribution is 2.21. The minimum Gasteiger partial charge on any atom is -0.480 e. The number of aldehydes is 3. The fourth-order valence-corrected chi connectivity index (χ4v) is 6.14. The lowest BCUT2D eigenvalue weighted by molar-refractivity contribution is -0.146. The molecule has 2 unspecified atom stereocenters. The van der Waals surface area contributed by atoms with Crippen molar-refractivity contribution in [2.75, 3.05) is 68.0 Å². The normalized spacial score (nSPS) is 14.2. The zero-order valence-corrected chi connectivity index (χ0v) is 44.3. The molecule has 1 aliphatic rings. The molecule has 1 aliphatic heterocycles. The van der Waals surface area contributed by atoms with Crippen molar-refractivity contribution in [3.63, 3.8) is 0 Å². The number of nitrogens with one attached hydrogen (secondary N) is 4. The number of hydrogen-bond acceptors (Lipinski definition) is 14. The van der Waals surface area contributed by atoms with Crippen LogP contribution in [0.3, 0.4) is 0 Å². The van der Waals surface area contributed by atoms with Gasteiger partial charge in [0, 0.05) is 26.2 Å². The first kappa shape index (κ1) is 68.4. The molecule has 1 fully saturated rings. The van der Waals surface area contributed by atoms with Crippen molar-refractivity contribution in [2.24, 2.45) is 11.7 Å². The molecule has 1 saturated heterocycles. The van der Waals surface area contributed by atoms with Crippen LogP contribution in [-0.2, 0) is 55.9 Å². The van der Waals surface area contributed by atoms with Crippen molar-refractivity contribution in [3.05, 3.63) is 71.8 Å². The van der Waals surface area contributed by atoms with Crippen molar-refractivity contribution in [1.82, 2.24) is 31.1 Å². The second-order valence-electron chi connectivity index (χ2n) is 19.0. The standard InChI is InChI=1S/C16H24N2O2.C11H23NO2.C11H15NO.C8H16N2O2.C5H10O2.CH3NO/c1-12(2)9-14(11-19)18-16(20)15(17-3)10-13-7-5-4-6-8-13;1-11(2,3)14-8-6-5-7-10(9-13)12-4;1-12(9-10-13)8-7-11-5-3-2-4-6-11;1-9-8(7(11)12)3-5-10(2)6-4-8;1-5(2,3)7-4-6;2-1-3/h4-8,11-12,14-15,17H,9-10H2,1-3H3,(H,18,20);9-10,12H,5-8H2,1-4H3;2-6,10H,7-9H2,1H3;9H,3-6H2,1-2H3,(H,11,12);4H,1-3H3;1H,(H2,2,3)/t14-,15?;;;;;/m1...../s1. The summed E-state index contributed by atoms with van der Waals surface area (Å²) in [7, 11) is 9.26. The van der Waals surface area contributed by atoms with E-state index >= 15 is 0 Å². The van der Waals surface area contributed by atoms with E-state index in [0.29, 0.717) is 44.6 Å². The predicted molar refractivity (Wildman–Crippen MR) is 276 cm³/mol. The molecule has 17 nitrogen and oxygen atoms in total. The van der Waals surface area contributed by atoms with Crippen molar-refractivity contribution >= 4 is 43.6 Å². The molecule has 1 heterocycles. The Kier molecular flexibility index (Phi) is 40.5. The molecular formula is C52H91N7O10. The summed E-state index contributed by atoms with van der Waals surface area (Å²) >= 11 is 0. The maximum Gasteiger partial charge on any atom is 0.323 e. The molecule has 17 heteroatoms. The Morgan fingerprint density at radius 3 is 1.72 bits per heavy atom. The first-order valence-corrected chi connectivity index (χ1v) is 23.7. The van der Waals surface area contributed by atoms with Gasteiger partial charge in [-0.2, -0.15) is 0 Å². The van der Waals surface area contributed by atoms with Gasteiger partial charge in [0.05, 0.1) is 30.3 Å². The van der Waals surface area contributed by atoms with Gasteiger partial charge in [-0.1, -0.05) is 74.5 Å². The van der Waals surface area contributed by atoms with E-state index in [-0.39, 0.29) is 35.6 Å². The topological polar surface area (TPSA) is 239 Å². The third kappa shape index (κ3) is 39.6. The van der Waals surface area contributed by atoms with Crippen LogP contribution in [0.2, 0.25) is 0 Å². The highest BCUT2D eigenvalue weighted by molar-refractivity contribution is 5.84. The average molecular weight is 974 g/mol. The molecule has 0 bridgehead atoms. The van der Waals surface area contributed by atoms with Gasteiger partial charge in [-0.25, -0.2) is 0 Å². The third-order valence-electron chi connectivity index (χ3n) is 10.3. The third-order valence-corrected chi connectivity index (χ3v) is 10.3. The van der Waals surface area contributed by atoms with E-state index in [4.69, 9.17) is 14.6 Å². The summed E-state index contributed by atoms with van der Waals surface area (Å²) in [5.41, 5.74) is 5.54. The molecule has 2 aromatic carbocycles. The van der Waals surface area contributed by atoms with Gasteiger partial charge in [0.1, 0.15) is 30.0 Å². The Morgan fingerprint density at radius 1 is 0.826 bits per heavy atom. The Bertz CT molecular complexity index is 1620. The lowest BCUT2D eigenvalue weighted by Gasteiger charge is -2.36. The van der Waals surface area contributed by atoms with Crippen molar-refractivity contribution in [1.29, 1.82) is 0 Å². The van der Waals surface area contributed by atoms with E-state index in [0.717, 1.165) is 76.3 Å². The fraction of sp³-hybridized carbons (Fsp3) is 0.635. The Balaban J connectivity index is -0.000000801. The van der Waals surface area contributed by atoms with Crippen LogP contribution >= 0.6 is 0 Å². The number of carboxylic acids is 1. The number of aliphatic carboxylic acids is 1. The van der Waals surface area contributed by atoms with Gasteiger partial charge in [0.25, 0.3) is 6.47 Å². The number of piperidine rings is 1. The maximum absolute atomic E-state index is 12.2. The lowest BCUT2D eigenvalue weighted by Crippen LogP contribution is -2.56. The van der Waals surface area contributed by atoms with Gasteiger partial charge in [-0.3, -0.25) is 24.1 Å². The summed E-state index contributed by atoms with van der Waals surface area (Å²) in [5, 5.41) is 20.7. The Labute approximate surface area is 414 Å². The number of rotatable bonds is 23. The number of nitrogens with two attached hydrogens (primary N) is 1. The molecular weight excluding hydrogens is 883 g/mol. The molecule has 0 spiro atoms. The summed E-state index contributed by atoms with van der Waals surface area (Å²) in [6.07, 6.45) is 9.56. The van der Waals surface area contributed by atoms with Crippen LogP contribution in [-0.4, -0.2) is 161 Å². The minimum absolute atomic E-state index is 0.00429. The van der Waals surface area contributed by atoms with Crippen molar-refractivity contribution < 1.29 is 48.1 Å². The van der Waals surface area contributed by atoms with Gasteiger partial charge < -0.3 is 60.9 Å². The second-order valence-corrected chi connectivity index (χ2v) is 19.0. The highest BCUT2D eigenvalue weighted by atomic mass is 16.5. The van der Waals surface area contributed by atoms with Gasteiger partial charge in [-0.15, -0.1) is 0 Å². The van der Waals surface area contributed by atoms with E-state index in [2.05, 4.69) is 69.5 Å². The highest BCUT2D eigenvalue weighted by Gasteiger charge is 2.39. The SMILES string of the molecule is CC(C)(C)OC=O.CN(CC=O)CCc1ccccc1.CNC(C=O)CCCCOC(C)(C)C.CNC(Cc1ccccc1)C(=O)N[C@@H](C=O)CC(C)C.CNC1(C(=O)O)CCN(C)CC1.NC=O. The molecule has 0 aromatic heterocycles. The van der Waals surface area contributed by atoms with Crippen LogP contribution in [0.5, 0.6) is 0 Å². The van der Waals surface area contributed by atoms with Gasteiger partial charge in [0.15, 0.2) is 0 Å². The van der Waals surface area contributed by atoms with E-state index in [1.165, 1.54) is 5.56 Å². The van der Waals surface area contributed by atoms with Crippen LogP contribution in [0.4, 0.5) is 0 Å². The molecule has 0 radical (unpaired) electrons. The summed E-state index contributed by atoms with van der Waals surface area (Å²) in [6, 6.07) is 19.4. The molecule has 2 aromatic rings. The van der Waals surface area contributed by atoms with E-state index < -0.39 is 17.6 Å². The molecule has 3 atom stereocenters. The minimum atomic E-state index is -0.724. The Hall–Kier alpha value is -4.91. The molecule has 7 N–H and O–H groups in total. The fourth-order valence-electron chi connectivity index (χ4n) is 6.14. The summed E-state index contributed by atoms with van der Waals surface area (Å²) in [5.74, 6) is -0.486. The number of nitrogens with zero attached hydrogens (tertiary/aromatic N) is 2. The van der Waals surface area contributed by atoms with Gasteiger partial charge in [0.2, 0.25) is 12.3 Å². The molecule has 3 rings (SSSR count). The van der Waals surface area contributed by atoms with Gasteiger partial charge in [-0.05, 0) is 145 Å². The first-order valence-electron chi connectivity index (χ1n) is 23.7. The van der Waals surface area contributed by atoms with Crippen LogP contribution < -0.4 is 27.0 Å². The molecule has 2 amide bonds. The smallest absolute Gasteiger partial charge is 0.323 e. The zero-order valence-electron chi connectivity index (χ0n) is 44.3. The van der Waals surface area contributed by atoms with Crippen molar-refractivity contribution in [2.45, 2.75) is 142 Å². The van der Waals surface area contributed by atoms with E-state index in [1.54, 1.807) is 14.1 Å². The number of likely N-dealkylation sites (N-methyl/N-ethyl adjacent to an activating group) is 4. The summed E-state index contributed by atoms with van der Waals surface area (Å²) in [6.45, 7) is 20.1. The van der Waals surface area contributed by atoms with Crippen LogP contribution in [0.25, 0.3) is 0 Å². The molecule has 0 saturated carbocycles. The number of carbonyl (C=O) groups is 7. The summed E-state index contributed by atoms with van der Waals surface area (Å²) in [4.78, 5) is 77.1. The van der Waals surface area contributed by atoms with E-state index in [9.17, 15) is 28.8 Å². The number of benzene rings is 2.